The van der Waals surface area contributed by atoms with Gasteiger partial charge in [0.25, 0.3) is 0 Å². The number of hydrogen-bond acceptors (Lipinski definition) is 0. The van der Waals surface area contributed by atoms with Crippen molar-refractivity contribution in [3.8, 4) is 0 Å². The molecule has 58 valence electrons. The zero-order valence-electron chi connectivity index (χ0n) is 6.32. The van der Waals surface area contributed by atoms with Gasteiger partial charge in [0.2, 0.25) is 0 Å². The molecule has 0 fully saturated rings. The van der Waals surface area contributed by atoms with Crippen molar-refractivity contribution >= 4 is 46.0 Å². The van der Waals surface area contributed by atoms with Crippen LogP contribution < -0.4 is 0 Å². The van der Waals surface area contributed by atoms with E-state index in [2.05, 4.69) is 61.0 Å². The van der Waals surface area contributed by atoms with Crippen LogP contribution in [0.3, 0.4) is 0 Å². The standard InChI is InChI=1S/C6H15AsI2/c1-4-7(8,9,5-2)6-3/h4-6H2,1-3H3. The summed E-state index contributed by atoms with van der Waals surface area (Å²) in [5.74, 6) is -1.69. The Hall–Kier alpha value is 2.02. The zero-order valence-corrected chi connectivity index (χ0v) is 12.5. The van der Waals surface area contributed by atoms with Crippen LogP contribution in [-0.4, -0.2) is 5.75 Å². The molecule has 0 saturated heterocycles. The van der Waals surface area contributed by atoms with Crippen molar-refractivity contribution in [1.82, 2.24) is 0 Å². The second-order valence-corrected chi connectivity index (χ2v) is 48.4. The predicted octanol–water partition coefficient (Wildman–Crippen LogP) is 4.31. The van der Waals surface area contributed by atoms with Gasteiger partial charge >= 0.3 is 82.4 Å². The summed E-state index contributed by atoms with van der Waals surface area (Å²) in [4.78, 5) is 0. The van der Waals surface area contributed by atoms with Gasteiger partial charge in [-0.3, -0.25) is 0 Å². The van der Waals surface area contributed by atoms with E-state index in [1.807, 2.05) is 0 Å². The van der Waals surface area contributed by atoms with Crippen molar-refractivity contribution in [2.45, 2.75) is 36.4 Å². The Morgan fingerprint density at radius 3 is 1.11 bits per heavy atom. The van der Waals surface area contributed by atoms with E-state index in [1.54, 1.807) is 0 Å². The molecule has 0 aliphatic rings. The summed E-state index contributed by atoms with van der Waals surface area (Å²) in [5.41, 5.74) is 0. The van der Waals surface area contributed by atoms with E-state index < -0.39 is 5.75 Å². The molecule has 0 heterocycles. The second-order valence-electron chi connectivity index (χ2n) is 2.40. The molecule has 0 unspecified atom stereocenters. The molecule has 3 heteroatoms. The summed E-state index contributed by atoms with van der Waals surface area (Å²) in [6.45, 7) is 7.03. The summed E-state index contributed by atoms with van der Waals surface area (Å²) in [5, 5.41) is 4.31. The monoisotopic (exact) mass is 416 g/mol. The zero-order chi connectivity index (χ0) is 7.57. The van der Waals surface area contributed by atoms with E-state index in [4.69, 9.17) is 0 Å². The number of halogens is 2. The second kappa shape index (κ2) is 3.61. The molecule has 9 heavy (non-hydrogen) atoms. The quantitative estimate of drug-likeness (QED) is 0.476. The van der Waals surface area contributed by atoms with Gasteiger partial charge in [0.15, 0.2) is 0 Å². The fourth-order valence-corrected chi connectivity index (χ4v) is 3.49. The molecule has 0 nitrogen and oxygen atoms in total. The molecule has 0 aliphatic heterocycles. The van der Waals surface area contributed by atoms with E-state index in [9.17, 15) is 0 Å². The molecule has 0 aromatic carbocycles. The Morgan fingerprint density at radius 1 is 0.889 bits per heavy atom. The number of hydrogen-bond donors (Lipinski definition) is 0. The van der Waals surface area contributed by atoms with Crippen molar-refractivity contribution in [3.63, 3.8) is 0 Å². The van der Waals surface area contributed by atoms with Crippen LogP contribution in [0.15, 0.2) is 0 Å². The first kappa shape index (κ1) is 11.0. The van der Waals surface area contributed by atoms with Crippen molar-refractivity contribution in [2.75, 3.05) is 0 Å². The minimum atomic E-state index is -1.69. The summed E-state index contributed by atoms with van der Waals surface area (Å²) in [6, 6.07) is 0. The summed E-state index contributed by atoms with van der Waals surface area (Å²) in [6.07, 6.45) is 0. The number of rotatable bonds is 3. The van der Waals surface area contributed by atoms with Crippen LogP contribution in [-0.2, 0) is 0 Å². The van der Waals surface area contributed by atoms with Crippen molar-refractivity contribution in [3.05, 3.63) is 0 Å². The Bertz CT molecular complexity index is 82.2. The first-order valence-electron chi connectivity index (χ1n) is 3.41. The van der Waals surface area contributed by atoms with Crippen LogP contribution in [0.4, 0.5) is 0 Å². The average molecular weight is 416 g/mol. The van der Waals surface area contributed by atoms with Gasteiger partial charge in [-0.15, -0.1) is 0 Å². The SMILES string of the molecule is CC[As](I)(I)(CC)CC. The molecular formula is C6H15AsI2. The molecule has 0 saturated carbocycles. The predicted molar refractivity (Wildman–Crippen MR) is 65.2 cm³/mol. The third-order valence-corrected chi connectivity index (χ3v) is 32.0. The maximum absolute atomic E-state index is 2.77. The normalized spacial score (nSPS) is 16.8. The Morgan fingerprint density at radius 2 is 1.11 bits per heavy atom. The van der Waals surface area contributed by atoms with Crippen LogP contribution >= 0.6 is 40.3 Å². The summed E-state index contributed by atoms with van der Waals surface area (Å²) < 4.78 is 0. The first-order chi connectivity index (χ1) is 3.96. The Labute approximate surface area is 81.3 Å². The molecular weight excluding hydrogens is 401 g/mol. The summed E-state index contributed by atoms with van der Waals surface area (Å²) >= 11 is 5.53. The molecule has 0 radical (unpaired) electrons. The molecule has 0 rings (SSSR count). The van der Waals surface area contributed by atoms with Gasteiger partial charge in [0.1, 0.15) is 0 Å². The Balaban J connectivity index is 4.20. The molecule has 0 amide bonds. The fourth-order valence-electron chi connectivity index (χ4n) is 0.671. The summed E-state index contributed by atoms with van der Waals surface area (Å²) in [7, 11) is 0. The molecule has 0 aliphatic carbocycles. The van der Waals surface area contributed by atoms with Gasteiger partial charge < -0.3 is 0 Å². The fraction of sp³-hybridized carbons (Fsp3) is 1.00. The van der Waals surface area contributed by atoms with E-state index in [0.717, 1.165) is 0 Å². The Kier molecular flexibility index (Phi) is 4.42. The van der Waals surface area contributed by atoms with Crippen LogP contribution in [0.25, 0.3) is 0 Å². The third-order valence-electron chi connectivity index (χ3n) is 2.06. The molecule has 0 atom stereocenters. The van der Waals surface area contributed by atoms with Crippen molar-refractivity contribution < 1.29 is 0 Å². The topological polar surface area (TPSA) is 0 Å². The molecule has 0 aromatic rings. The van der Waals surface area contributed by atoms with Gasteiger partial charge in [-0.05, 0) is 0 Å². The van der Waals surface area contributed by atoms with Gasteiger partial charge in [-0.1, -0.05) is 0 Å². The average Bonchev–Trinajstić information content (AvgIpc) is 1.90. The van der Waals surface area contributed by atoms with Gasteiger partial charge in [0, 0.05) is 0 Å². The van der Waals surface area contributed by atoms with E-state index in [1.165, 1.54) is 15.6 Å². The van der Waals surface area contributed by atoms with Crippen LogP contribution in [0.5, 0.6) is 0 Å². The van der Waals surface area contributed by atoms with Crippen LogP contribution in [0.1, 0.15) is 20.8 Å². The molecule has 0 bridgehead atoms. The maximum atomic E-state index is 2.77. The van der Waals surface area contributed by atoms with Crippen molar-refractivity contribution in [2.24, 2.45) is 0 Å². The third kappa shape index (κ3) is 3.28. The van der Waals surface area contributed by atoms with Crippen LogP contribution in [0.2, 0.25) is 15.6 Å². The van der Waals surface area contributed by atoms with Gasteiger partial charge in [0.05, 0.1) is 0 Å². The van der Waals surface area contributed by atoms with E-state index in [0.29, 0.717) is 0 Å². The van der Waals surface area contributed by atoms with Gasteiger partial charge in [-0.2, -0.15) is 0 Å². The molecule has 0 spiro atoms. The van der Waals surface area contributed by atoms with Crippen LogP contribution in [0, 0.1) is 0 Å². The van der Waals surface area contributed by atoms with E-state index >= 15 is 0 Å². The molecule has 0 aromatic heterocycles. The minimum absolute atomic E-state index is 1.44. The molecule has 0 N–H and O–H groups in total. The van der Waals surface area contributed by atoms with Crippen molar-refractivity contribution in [1.29, 1.82) is 0 Å². The first-order valence-corrected chi connectivity index (χ1v) is 18.8. The van der Waals surface area contributed by atoms with Gasteiger partial charge in [-0.25, -0.2) is 0 Å². The van der Waals surface area contributed by atoms with E-state index in [-0.39, 0.29) is 0 Å².